The Labute approximate surface area is 241 Å². The number of aliphatic hydroxyl groups excluding tert-OH is 1. The third-order valence-electron chi connectivity index (χ3n) is 11.2. The fourth-order valence-corrected chi connectivity index (χ4v) is 9.96. The van der Waals surface area contributed by atoms with Crippen molar-refractivity contribution in [2.24, 2.45) is 50.2 Å². The maximum absolute atomic E-state index is 13.4. The van der Waals surface area contributed by atoms with E-state index in [1.165, 1.54) is 11.8 Å². The van der Waals surface area contributed by atoms with Gasteiger partial charge in [0.15, 0.2) is 0 Å². The van der Waals surface area contributed by atoms with E-state index in [2.05, 4.69) is 37.9 Å². The molecule has 4 aliphatic carbocycles. The van der Waals surface area contributed by atoms with Crippen LogP contribution in [0.4, 0.5) is 0 Å². The number of nitrogens with zero attached hydrogens (tertiary/aromatic N) is 1. The number of hydrogen-bond donors (Lipinski definition) is 4. The number of thioether (sulfide) groups is 1. The maximum Gasteiger partial charge on any atom is 0.316 e. The number of Topliss-reactive ketones (excluding diaryl/α,β-unsaturated/α-hetero) is 1. The lowest BCUT2D eigenvalue weighted by Crippen LogP contribution is -2.71. The van der Waals surface area contributed by atoms with E-state index in [0.29, 0.717) is 18.6 Å². The van der Waals surface area contributed by atoms with E-state index in [1.807, 2.05) is 37.3 Å². The molecule has 1 aromatic carbocycles. The summed E-state index contributed by atoms with van der Waals surface area (Å²) in [5, 5.41) is 22.8. The number of esters is 1. The first-order valence-electron chi connectivity index (χ1n) is 14.2. The lowest BCUT2D eigenvalue weighted by Gasteiger charge is -2.71. The van der Waals surface area contributed by atoms with Gasteiger partial charge >= 0.3 is 5.97 Å². The lowest BCUT2D eigenvalue weighted by molar-refractivity contribution is -0.257. The summed E-state index contributed by atoms with van der Waals surface area (Å²) >= 11 is 1.39. The van der Waals surface area contributed by atoms with Crippen LogP contribution in [0.2, 0.25) is 0 Å². The fraction of sp³-hybridized carbons (Fsp3) is 0.613. The lowest BCUT2D eigenvalue weighted by atomic mass is 9.32. The van der Waals surface area contributed by atoms with Gasteiger partial charge in [0.25, 0.3) is 0 Å². The number of guanidine groups is 1. The van der Waals surface area contributed by atoms with Gasteiger partial charge in [-0.1, -0.05) is 45.9 Å². The zero-order valence-corrected chi connectivity index (χ0v) is 24.7. The average molecular weight is 567 g/mol. The third-order valence-corrected chi connectivity index (χ3v) is 12.2. The average Bonchev–Trinajstić information content (AvgIpc) is 3.10. The van der Waals surface area contributed by atoms with E-state index in [9.17, 15) is 14.7 Å². The molecule has 2 bridgehead atoms. The largest absolute Gasteiger partial charge is 0.461 e. The Hall–Kier alpha value is -2.65. The van der Waals surface area contributed by atoms with Crippen molar-refractivity contribution in [3.8, 4) is 0 Å². The highest BCUT2D eigenvalue weighted by Gasteiger charge is 2.81. The minimum atomic E-state index is -0.630. The molecule has 4 aliphatic rings. The summed E-state index contributed by atoms with van der Waals surface area (Å²) in [7, 11) is 0. The Balaban J connectivity index is 1.39. The molecule has 4 saturated carbocycles. The smallest absolute Gasteiger partial charge is 0.316 e. The van der Waals surface area contributed by atoms with Gasteiger partial charge in [-0.2, -0.15) is 5.10 Å². The van der Waals surface area contributed by atoms with Gasteiger partial charge in [0, 0.05) is 27.6 Å². The number of ether oxygens (including phenoxy) is 1. The predicted octanol–water partition coefficient (Wildman–Crippen LogP) is 4.50. The van der Waals surface area contributed by atoms with Gasteiger partial charge in [-0.15, -0.1) is 18.3 Å². The first kappa shape index (κ1) is 28.9. The molecular weight excluding hydrogens is 524 g/mol. The number of carbonyl (C=O) groups is 2. The quantitative estimate of drug-likeness (QED) is 0.0952. The molecule has 5 rings (SSSR count). The molecule has 0 saturated heterocycles. The molecule has 9 atom stereocenters. The van der Waals surface area contributed by atoms with Crippen LogP contribution in [0.15, 0.2) is 46.9 Å². The molecule has 8 nitrogen and oxygen atoms in total. The molecule has 4 fully saturated rings. The minimum Gasteiger partial charge on any atom is -0.461 e. The summed E-state index contributed by atoms with van der Waals surface area (Å²) in [6.07, 6.45) is 5.86. The summed E-state index contributed by atoms with van der Waals surface area (Å²) < 4.78 is 6.40. The molecule has 9 heteroatoms. The minimum absolute atomic E-state index is 0.0278. The van der Waals surface area contributed by atoms with E-state index < -0.39 is 17.6 Å². The summed E-state index contributed by atoms with van der Waals surface area (Å²) in [6.45, 7) is 12.8. The Bertz CT molecular complexity index is 1270. The van der Waals surface area contributed by atoms with Crippen molar-refractivity contribution in [1.29, 1.82) is 5.41 Å². The van der Waals surface area contributed by atoms with E-state index in [0.717, 1.165) is 29.7 Å². The van der Waals surface area contributed by atoms with Crippen molar-refractivity contribution in [3.05, 3.63) is 42.5 Å². The van der Waals surface area contributed by atoms with Crippen LogP contribution >= 0.6 is 11.8 Å². The highest BCUT2D eigenvalue weighted by molar-refractivity contribution is 8.00. The van der Waals surface area contributed by atoms with Crippen molar-refractivity contribution < 1.29 is 19.4 Å². The van der Waals surface area contributed by atoms with Gasteiger partial charge in [-0.05, 0) is 66.5 Å². The Morgan fingerprint density at radius 2 is 2.10 bits per heavy atom. The second-order valence-electron chi connectivity index (χ2n) is 13.2. The molecule has 2 spiro atoms. The number of aliphatic hydroxyl groups is 1. The van der Waals surface area contributed by atoms with Crippen molar-refractivity contribution in [3.63, 3.8) is 0 Å². The van der Waals surface area contributed by atoms with Gasteiger partial charge in [0.1, 0.15) is 11.9 Å². The Morgan fingerprint density at radius 3 is 2.80 bits per heavy atom. The molecule has 0 aliphatic heterocycles. The molecule has 0 heterocycles. The number of rotatable bonds is 7. The van der Waals surface area contributed by atoms with E-state index in [-0.39, 0.29) is 51.7 Å². The highest BCUT2D eigenvalue weighted by Crippen LogP contribution is 2.82. The topological polar surface area (TPSA) is 138 Å². The summed E-state index contributed by atoms with van der Waals surface area (Å²) in [4.78, 5) is 27.7. The second-order valence-corrected chi connectivity index (χ2v) is 14.2. The molecule has 0 aromatic heterocycles. The van der Waals surface area contributed by atoms with Crippen molar-refractivity contribution >= 4 is 35.7 Å². The van der Waals surface area contributed by atoms with Crippen LogP contribution in [0, 0.1) is 44.8 Å². The van der Waals surface area contributed by atoms with Crippen molar-refractivity contribution in [2.75, 3.05) is 5.75 Å². The number of nitrogens with two attached hydrogens (primary N) is 1. The van der Waals surface area contributed by atoms with Crippen LogP contribution in [0.3, 0.4) is 0 Å². The van der Waals surface area contributed by atoms with Gasteiger partial charge in [0.05, 0.1) is 18.1 Å². The number of hydrogen-bond acceptors (Lipinski definition) is 7. The summed E-state index contributed by atoms with van der Waals surface area (Å²) in [6, 6.07) is 7.57. The Kier molecular flexibility index (Phi) is 7.23. The van der Waals surface area contributed by atoms with Crippen LogP contribution in [-0.4, -0.2) is 47.0 Å². The summed E-state index contributed by atoms with van der Waals surface area (Å²) in [5.74, 6) is 0.296. The molecule has 40 heavy (non-hydrogen) atoms. The SMILES string of the molecule is C=C[C@]1(C)C[C@@H](OC(=O)CSc2cccc(/C=N/NC(=N)N)c2)[C@]2(C)C(C)CC34CC(CCC3=O)(C42)[C@@H](C)[C@@H]1O. The monoisotopic (exact) mass is 566 g/mol. The molecule has 1 aromatic rings. The third kappa shape index (κ3) is 4.23. The zero-order valence-electron chi connectivity index (χ0n) is 23.9. The van der Waals surface area contributed by atoms with Gasteiger partial charge < -0.3 is 15.6 Å². The first-order valence-corrected chi connectivity index (χ1v) is 15.2. The van der Waals surface area contributed by atoms with Gasteiger partial charge in [-0.3, -0.25) is 15.0 Å². The number of hydrazone groups is 1. The fourth-order valence-electron chi connectivity index (χ4n) is 9.22. The van der Waals surface area contributed by atoms with Crippen molar-refractivity contribution in [2.45, 2.75) is 76.9 Å². The van der Waals surface area contributed by atoms with Crippen LogP contribution < -0.4 is 11.2 Å². The Morgan fingerprint density at radius 1 is 1.35 bits per heavy atom. The molecule has 5 N–H and O–H groups in total. The number of nitrogens with one attached hydrogen (secondary N) is 2. The van der Waals surface area contributed by atoms with Crippen molar-refractivity contribution in [1.82, 2.24) is 5.43 Å². The predicted molar refractivity (Wildman–Crippen MR) is 157 cm³/mol. The number of benzene rings is 1. The summed E-state index contributed by atoms with van der Waals surface area (Å²) in [5.41, 5.74) is 6.99. The molecule has 0 amide bonds. The van der Waals surface area contributed by atoms with E-state index in [4.69, 9.17) is 15.9 Å². The maximum atomic E-state index is 13.4. The van der Waals surface area contributed by atoms with Crippen LogP contribution in [0.25, 0.3) is 0 Å². The van der Waals surface area contributed by atoms with Crippen LogP contribution in [-0.2, 0) is 14.3 Å². The molecule has 0 radical (unpaired) electrons. The standard InChI is InChI=1S/C31H42N4O4S/c1-6-28(4)14-23(39-24(37)16-40-21-9-7-8-20(12-21)15-34-35-27(32)33)29(5)18(2)13-31-17-30(26(29)31,11-10-22(31)36)19(3)25(28)38/h6-9,12,15,18-19,23,25-26,38H,1,10-11,13-14,16-17H2,2-5H3,(H4,32,33,35)/b34-15+/t18?,19-,23+,25-,26?,28+,29-,30?,31?/m0/s1. The second kappa shape index (κ2) is 10.0. The number of ketones is 1. The van der Waals surface area contributed by atoms with Crippen LogP contribution in [0.1, 0.15) is 65.4 Å². The first-order chi connectivity index (χ1) is 18.8. The van der Waals surface area contributed by atoms with Crippen LogP contribution in [0.5, 0.6) is 0 Å². The van der Waals surface area contributed by atoms with Gasteiger partial charge in [-0.25, -0.2) is 5.43 Å². The molecule has 4 unspecified atom stereocenters. The normalized spacial score (nSPS) is 41.8. The molecular formula is C31H42N4O4S. The molecule has 216 valence electrons. The van der Waals surface area contributed by atoms with E-state index in [1.54, 1.807) is 6.21 Å². The van der Waals surface area contributed by atoms with Gasteiger partial charge in [0.2, 0.25) is 5.96 Å². The highest BCUT2D eigenvalue weighted by atomic mass is 32.2. The zero-order chi connectivity index (χ0) is 29.1. The number of carbonyl (C=O) groups excluding carboxylic acids is 2. The van der Waals surface area contributed by atoms with E-state index >= 15 is 0 Å².